The van der Waals surface area contributed by atoms with Crippen LogP contribution < -0.4 is 5.32 Å². The molecule has 0 saturated carbocycles. The molecule has 0 aromatic carbocycles. The summed E-state index contributed by atoms with van der Waals surface area (Å²) in [4.78, 5) is 23.2. The number of quaternary nitrogens is 1. The van der Waals surface area contributed by atoms with Crippen LogP contribution in [0.3, 0.4) is 0 Å². The van der Waals surface area contributed by atoms with Crippen LogP contribution in [0.5, 0.6) is 0 Å². The van der Waals surface area contributed by atoms with Crippen molar-refractivity contribution in [1.29, 1.82) is 0 Å². The highest BCUT2D eigenvalue weighted by Gasteiger charge is 2.27. The zero-order valence-corrected chi connectivity index (χ0v) is 44.2. The van der Waals surface area contributed by atoms with E-state index in [1.807, 2.05) is 27.2 Å². The lowest BCUT2D eigenvalue weighted by atomic mass is 10.0. The molecule has 382 valence electrons. The first-order valence-corrected chi connectivity index (χ1v) is 27.9. The number of aliphatic hydroxyl groups is 1. The quantitative estimate of drug-likeness (QED) is 0.0243. The Morgan fingerprint density at radius 3 is 1.37 bits per heavy atom. The van der Waals surface area contributed by atoms with Gasteiger partial charge < -0.3 is 19.8 Å². The van der Waals surface area contributed by atoms with Gasteiger partial charge in [-0.1, -0.05) is 206 Å². The smallest absolute Gasteiger partial charge is 0.387 e. The van der Waals surface area contributed by atoms with Gasteiger partial charge in [0.1, 0.15) is 13.2 Å². The van der Waals surface area contributed by atoms with Crippen molar-refractivity contribution >= 4 is 13.7 Å². The molecule has 0 rings (SSSR count). The van der Waals surface area contributed by atoms with Crippen LogP contribution in [0.25, 0.3) is 0 Å². The average molecular weight is 952 g/mol. The molecular formula is C58H100N2O6P+. The summed E-state index contributed by atoms with van der Waals surface area (Å²) in [6.45, 7) is 4.61. The standard InChI is InChI=1S/C58H99N2O6P/c1-6-8-10-12-14-16-18-20-22-24-26-28-30-32-34-36-38-40-42-44-46-48-50-52-58(62)59-56(55-66-67(63,64)65-54-53-60(3,4)5)57(61)51-49-47-45-43-41-39-37-35-33-31-29-27-25-23-21-19-17-15-13-11-9-7-2/h8,10,14,16,20,22,26,28,32-35,38,40-41,43-44,46,49,51,56-57,61H,6-7,9,11-13,15,17-19,21,23-25,27,29-31,36-37,39,42,45,47-48,50,52-55H2,1-5H3,(H-,59,62,63,64)/p+1/b10-8-,16-14-,22-20-,28-26-,34-32-,35-33+,40-38-,43-41+,46-44-,51-49+. The monoisotopic (exact) mass is 952 g/mol. The fourth-order valence-electron chi connectivity index (χ4n) is 6.77. The zero-order valence-electron chi connectivity index (χ0n) is 43.3. The van der Waals surface area contributed by atoms with Crippen molar-refractivity contribution in [1.82, 2.24) is 5.32 Å². The van der Waals surface area contributed by atoms with Crippen LogP contribution in [0.1, 0.15) is 187 Å². The van der Waals surface area contributed by atoms with E-state index in [1.54, 1.807) is 6.08 Å². The number of carbonyl (C=O) groups is 1. The number of hydrogen-bond acceptors (Lipinski definition) is 5. The van der Waals surface area contributed by atoms with Crippen molar-refractivity contribution in [3.8, 4) is 0 Å². The SMILES string of the molecule is CC/C=C\C/C=C\C/C=C\C/C=C\C/C=C\C/C=C\C/C=C\CCCC(=O)NC(COP(=O)(O)OCC[N+](C)(C)C)C(O)/C=C/CC/C=C/CC/C=C/CCCCCCCCCCCCCC. The summed E-state index contributed by atoms with van der Waals surface area (Å²) in [6, 6.07) is -0.910. The Morgan fingerprint density at radius 1 is 0.522 bits per heavy atom. The van der Waals surface area contributed by atoms with Crippen molar-refractivity contribution < 1.29 is 32.9 Å². The number of likely N-dealkylation sites (N-methyl/N-ethyl adjacent to an activating group) is 1. The van der Waals surface area contributed by atoms with Crippen LogP contribution in [0.15, 0.2) is 122 Å². The van der Waals surface area contributed by atoms with Crippen LogP contribution >= 0.6 is 7.82 Å². The van der Waals surface area contributed by atoms with E-state index < -0.39 is 20.0 Å². The van der Waals surface area contributed by atoms with Crippen molar-refractivity contribution in [2.45, 2.75) is 199 Å². The van der Waals surface area contributed by atoms with Gasteiger partial charge >= 0.3 is 7.82 Å². The third-order valence-electron chi connectivity index (χ3n) is 10.9. The normalized spacial score (nSPS) is 15.0. The highest BCUT2D eigenvalue weighted by molar-refractivity contribution is 7.47. The number of carbonyl (C=O) groups excluding carboxylic acids is 1. The minimum atomic E-state index is -4.38. The first-order chi connectivity index (χ1) is 32.5. The van der Waals surface area contributed by atoms with Gasteiger partial charge in [0.2, 0.25) is 5.91 Å². The van der Waals surface area contributed by atoms with E-state index in [0.717, 1.165) is 77.0 Å². The van der Waals surface area contributed by atoms with Gasteiger partial charge in [0.25, 0.3) is 0 Å². The Kier molecular flexibility index (Phi) is 45.7. The summed E-state index contributed by atoms with van der Waals surface area (Å²) >= 11 is 0. The van der Waals surface area contributed by atoms with E-state index >= 15 is 0 Å². The minimum Gasteiger partial charge on any atom is -0.387 e. The van der Waals surface area contributed by atoms with E-state index in [9.17, 15) is 19.4 Å². The molecule has 3 atom stereocenters. The molecule has 1 amide bonds. The van der Waals surface area contributed by atoms with Crippen molar-refractivity contribution in [2.24, 2.45) is 0 Å². The molecule has 0 aliphatic heterocycles. The number of phosphoric ester groups is 1. The molecule has 0 bridgehead atoms. The third-order valence-corrected chi connectivity index (χ3v) is 11.9. The maximum absolute atomic E-state index is 12.9. The fraction of sp³-hybridized carbons (Fsp3) is 0.638. The Morgan fingerprint density at radius 2 is 0.910 bits per heavy atom. The molecule has 0 aromatic heterocycles. The number of aliphatic hydroxyl groups excluding tert-OH is 1. The van der Waals surface area contributed by atoms with Gasteiger partial charge in [0.15, 0.2) is 0 Å². The van der Waals surface area contributed by atoms with Crippen molar-refractivity contribution in [3.63, 3.8) is 0 Å². The number of unbranched alkanes of at least 4 members (excludes halogenated alkanes) is 15. The second-order valence-electron chi connectivity index (χ2n) is 18.5. The van der Waals surface area contributed by atoms with Gasteiger partial charge in [0, 0.05) is 6.42 Å². The number of nitrogens with one attached hydrogen (secondary N) is 1. The molecule has 0 fully saturated rings. The van der Waals surface area contributed by atoms with Crippen LogP contribution in [-0.4, -0.2) is 73.4 Å². The lowest BCUT2D eigenvalue weighted by Gasteiger charge is -2.25. The van der Waals surface area contributed by atoms with Crippen LogP contribution in [0.4, 0.5) is 0 Å². The third kappa shape index (κ3) is 50.6. The summed E-state index contributed by atoms with van der Waals surface area (Å²) in [6.07, 6.45) is 71.6. The highest BCUT2D eigenvalue weighted by atomic mass is 31.2. The average Bonchev–Trinajstić information content (AvgIpc) is 3.29. The van der Waals surface area contributed by atoms with E-state index in [0.29, 0.717) is 17.4 Å². The number of amides is 1. The summed E-state index contributed by atoms with van der Waals surface area (Å²) in [7, 11) is 1.49. The molecule has 0 saturated heterocycles. The van der Waals surface area contributed by atoms with Crippen LogP contribution in [0.2, 0.25) is 0 Å². The number of allylic oxidation sites excluding steroid dienone is 19. The molecule has 0 aromatic rings. The fourth-order valence-corrected chi connectivity index (χ4v) is 7.50. The van der Waals surface area contributed by atoms with Gasteiger partial charge in [0.05, 0.1) is 39.9 Å². The van der Waals surface area contributed by atoms with E-state index in [-0.39, 0.29) is 25.5 Å². The molecule has 0 heterocycles. The molecule has 8 nitrogen and oxygen atoms in total. The highest BCUT2D eigenvalue weighted by Crippen LogP contribution is 2.43. The Hall–Kier alpha value is -3.10. The van der Waals surface area contributed by atoms with Gasteiger partial charge in [-0.15, -0.1) is 0 Å². The van der Waals surface area contributed by atoms with Crippen LogP contribution in [0, 0.1) is 0 Å². The van der Waals surface area contributed by atoms with Crippen LogP contribution in [-0.2, 0) is 18.4 Å². The Bertz CT molecular complexity index is 1500. The summed E-state index contributed by atoms with van der Waals surface area (Å²) < 4.78 is 23.6. The number of nitrogens with zero attached hydrogens (tertiary/aromatic N) is 1. The molecule has 0 aliphatic carbocycles. The summed E-state index contributed by atoms with van der Waals surface area (Å²) in [5.41, 5.74) is 0. The molecule has 9 heteroatoms. The number of rotatable bonds is 46. The summed E-state index contributed by atoms with van der Waals surface area (Å²) in [5, 5.41) is 13.8. The first kappa shape index (κ1) is 63.9. The molecule has 0 spiro atoms. The van der Waals surface area contributed by atoms with Gasteiger partial charge in [-0.25, -0.2) is 4.57 Å². The second kappa shape index (κ2) is 47.9. The lowest BCUT2D eigenvalue weighted by molar-refractivity contribution is -0.870. The molecule has 67 heavy (non-hydrogen) atoms. The van der Waals surface area contributed by atoms with Gasteiger partial charge in [-0.2, -0.15) is 0 Å². The minimum absolute atomic E-state index is 0.0354. The van der Waals surface area contributed by atoms with Gasteiger partial charge in [-0.05, 0) is 96.3 Å². The largest absolute Gasteiger partial charge is 0.472 e. The number of phosphoric acid groups is 1. The number of hydrogen-bond donors (Lipinski definition) is 3. The van der Waals surface area contributed by atoms with E-state index in [1.165, 1.54) is 83.5 Å². The predicted molar refractivity (Wildman–Crippen MR) is 290 cm³/mol. The molecule has 0 aliphatic rings. The molecule has 0 radical (unpaired) electrons. The van der Waals surface area contributed by atoms with E-state index in [2.05, 4.69) is 129 Å². The predicted octanol–water partition coefficient (Wildman–Crippen LogP) is 15.8. The maximum Gasteiger partial charge on any atom is 0.472 e. The molecule has 3 unspecified atom stereocenters. The van der Waals surface area contributed by atoms with E-state index in [4.69, 9.17) is 9.05 Å². The Labute approximate surface area is 412 Å². The molecular weight excluding hydrogens is 852 g/mol. The van der Waals surface area contributed by atoms with Crippen molar-refractivity contribution in [3.05, 3.63) is 122 Å². The molecule has 3 N–H and O–H groups in total. The second-order valence-corrected chi connectivity index (χ2v) is 19.9. The van der Waals surface area contributed by atoms with Gasteiger partial charge in [-0.3, -0.25) is 13.8 Å². The maximum atomic E-state index is 12.9. The lowest BCUT2D eigenvalue weighted by Crippen LogP contribution is -2.45. The zero-order chi connectivity index (χ0) is 49.2. The van der Waals surface area contributed by atoms with Crippen molar-refractivity contribution in [2.75, 3.05) is 40.9 Å². The first-order valence-electron chi connectivity index (χ1n) is 26.4. The topological polar surface area (TPSA) is 105 Å². The Balaban J connectivity index is 4.52. The summed E-state index contributed by atoms with van der Waals surface area (Å²) in [5.74, 6) is -0.254.